The smallest absolute Gasteiger partial charge is 0.223 e. The van der Waals surface area contributed by atoms with Gasteiger partial charge in [-0.1, -0.05) is 30.3 Å². The number of hydrogen-bond donors (Lipinski definition) is 1. The molecular formula is C13H18N2O. The lowest BCUT2D eigenvalue weighted by Crippen LogP contribution is -2.29. The Morgan fingerprint density at radius 1 is 1.44 bits per heavy atom. The standard InChI is InChI=1S/C13H18N2O/c1-10(12-5-3-2-4-6-12)15-9-11(8-14)7-13(15)16/h2-6,10-11H,7-9,14H2,1H3. The summed E-state index contributed by atoms with van der Waals surface area (Å²) in [6.07, 6.45) is 0.605. The van der Waals surface area contributed by atoms with E-state index in [4.69, 9.17) is 5.73 Å². The Labute approximate surface area is 96.2 Å². The molecule has 0 aliphatic carbocycles. The Kier molecular flexibility index (Phi) is 3.25. The normalized spacial score (nSPS) is 22.5. The van der Waals surface area contributed by atoms with Crippen molar-refractivity contribution in [1.82, 2.24) is 4.90 Å². The van der Waals surface area contributed by atoms with Crippen LogP contribution in [0.3, 0.4) is 0 Å². The molecule has 1 aliphatic heterocycles. The van der Waals surface area contributed by atoms with Gasteiger partial charge in [0.05, 0.1) is 6.04 Å². The van der Waals surface area contributed by atoms with Gasteiger partial charge in [0.25, 0.3) is 0 Å². The van der Waals surface area contributed by atoms with Crippen LogP contribution in [0.2, 0.25) is 0 Å². The molecule has 1 saturated heterocycles. The summed E-state index contributed by atoms with van der Waals surface area (Å²) in [5.41, 5.74) is 6.81. The van der Waals surface area contributed by atoms with E-state index >= 15 is 0 Å². The van der Waals surface area contributed by atoms with Crippen molar-refractivity contribution in [2.45, 2.75) is 19.4 Å². The number of amides is 1. The molecule has 86 valence electrons. The molecule has 2 N–H and O–H groups in total. The van der Waals surface area contributed by atoms with Gasteiger partial charge in [0.2, 0.25) is 5.91 Å². The van der Waals surface area contributed by atoms with Gasteiger partial charge in [0, 0.05) is 13.0 Å². The van der Waals surface area contributed by atoms with Crippen molar-refractivity contribution in [2.75, 3.05) is 13.1 Å². The molecule has 2 unspecified atom stereocenters. The Bertz CT molecular complexity index is 363. The van der Waals surface area contributed by atoms with Crippen LogP contribution in [0.5, 0.6) is 0 Å². The maximum Gasteiger partial charge on any atom is 0.223 e. The fourth-order valence-electron chi connectivity index (χ4n) is 2.25. The van der Waals surface area contributed by atoms with Crippen molar-refractivity contribution in [3.05, 3.63) is 35.9 Å². The van der Waals surface area contributed by atoms with Gasteiger partial charge >= 0.3 is 0 Å². The zero-order valence-electron chi connectivity index (χ0n) is 9.60. The Hall–Kier alpha value is -1.35. The van der Waals surface area contributed by atoms with E-state index in [9.17, 15) is 4.79 Å². The van der Waals surface area contributed by atoms with Gasteiger partial charge in [-0.15, -0.1) is 0 Å². The van der Waals surface area contributed by atoms with Crippen LogP contribution >= 0.6 is 0 Å². The minimum absolute atomic E-state index is 0.158. The lowest BCUT2D eigenvalue weighted by molar-refractivity contribution is -0.129. The summed E-state index contributed by atoms with van der Waals surface area (Å²) in [4.78, 5) is 13.8. The van der Waals surface area contributed by atoms with Crippen molar-refractivity contribution in [2.24, 2.45) is 11.7 Å². The van der Waals surface area contributed by atoms with Gasteiger partial charge in [-0.2, -0.15) is 0 Å². The van der Waals surface area contributed by atoms with E-state index in [-0.39, 0.29) is 11.9 Å². The molecule has 1 amide bonds. The summed E-state index contributed by atoms with van der Waals surface area (Å²) < 4.78 is 0. The lowest BCUT2D eigenvalue weighted by atomic mass is 10.1. The highest BCUT2D eigenvalue weighted by Gasteiger charge is 2.32. The molecule has 1 aromatic rings. The minimum atomic E-state index is 0.158. The Balaban J connectivity index is 2.11. The summed E-state index contributed by atoms with van der Waals surface area (Å²) in [5.74, 6) is 0.561. The van der Waals surface area contributed by atoms with Crippen LogP contribution in [-0.4, -0.2) is 23.9 Å². The van der Waals surface area contributed by atoms with Crippen LogP contribution in [0.15, 0.2) is 30.3 Å². The predicted octanol–water partition coefficient (Wildman–Crippen LogP) is 1.55. The van der Waals surface area contributed by atoms with Crippen molar-refractivity contribution in [3.63, 3.8) is 0 Å². The average molecular weight is 218 g/mol. The molecule has 1 fully saturated rings. The molecule has 0 aromatic heterocycles. The molecule has 1 aromatic carbocycles. The molecule has 16 heavy (non-hydrogen) atoms. The summed E-state index contributed by atoms with van der Waals surface area (Å²) >= 11 is 0. The summed E-state index contributed by atoms with van der Waals surface area (Å²) in [6, 6.07) is 10.3. The maximum absolute atomic E-state index is 11.8. The number of rotatable bonds is 3. The molecule has 1 aliphatic rings. The molecule has 0 radical (unpaired) electrons. The lowest BCUT2D eigenvalue weighted by Gasteiger charge is -2.25. The highest BCUT2D eigenvalue weighted by atomic mass is 16.2. The number of benzene rings is 1. The highest BCUT2D eigenvalue weighted by molar-refractivity contribution is 5.79. The van der Waals surface area contributed by atoms with E-state index < -0.39 is 0 Å². The number of carbonyl (C=O) groups is 1. The van der Waals surface area contributed by atoms with E-state index in [0.29, 0.717) is 18.9 Å². The SMILES string of the molecule is CC(c1ccccc1)N1CC(CN)CC1=O. The molecule has 2 rings (SSSR count). The van der Waals surface area contributed by atoms with E-state index in [1.807, 2.05) is 23.1 Å². The third-order valence-electron chi connectivity index (χ3n) is 3.32. The molecule has 2 atom stereocenters. The van der Waals surface area contributed by atoms with Crippen LogP contribution in [-0.2, 0) is 4.79 Å². The molecule has 0 saturated carbocycles. The zero-order chi connectivity index (χ0) is 11.5. The van der Waals surface area contributed by atoms with Gasteiger partial charge in [-0.3, -0.25) is 4.79 Å². The van der Waals surface area contributed by atoms with Crippen LogP contribution in [0, 0.1) is 5.92 Å². The Morgan fingerprint density at radius 2 is 2.12 bits per heavy atom. The number of carbonyl (C=O) groups excluding carboxylic acids is 1. The molecule has 3 nitrogen and oxygen atoms in total. The minimum Gasteiger partial charge on any atom is -0.336 e. The molecule has 3 heteroatoms. The van der Waals surface area contributed by atoms with Crippen LogP contribution < -0.4 is 5.73 Å². The second-order valence-electron chi connectivity index (χ2n) is 4.44. The second-order valence-corrected chi connectivity index (χ2v) is 4.44. The third kappa shape index (κ3) is 2.09. The van der Waals surface area contributed by atoms with Gasteiger partial charge in [0.1, 0.15) is 0 Å². The maximum atomic E-state index is 11.8. The van der Waals surface area contributed by atoms with Gasteiger partial charge in [-0.05, 0) is 24.9 Å². The van der Waals surface area contributed by atoms with E-state index in [2.05, 4.69) is 19.1 Å². The quantitative estimate of drug-likeness (QED) is 0.836. The number of nitrogens with zero attached hydrogens (tertiary/aromatic N) is 1. The largest absolute Gasteiger partial charge is 0.336 e. The van der Waals surface area contributed by atoms with Gasteiger partial charge < -0.3 is 10.6 Å². The van der Waals surface area contributed by atoms with Crippen molar-refractivity contribution in [3.8, 4) is 0 Å². The topological polar surface area (TPSA) is 46.3 Å². The summed E-state index contributed by atoms with van der Waals surface area (Å²) in [6.45, 7) is 3.47. The molecular weight excluding hydrogens is 200 g/mol. The highest BCUT2D eigenvalue weighted by Crippen LogP contribution is 2.27. The van der Waals surface area contributed by atoms with Crippen molar-refractivity contribution < 1.29 is 4.79 Å². The van der Waals surface area contributed by atoms with Crippen molar-refractivity contribution in [1.29, 1.82) is 0 Å². The molecule has 0 spiro atoms. The monoisotopic (exact) mass is 218 g/mol. The van der Waals surface area contributed by atoms with Crippen LogP contribution in [0.4, 0.5) is 0 Å². The number of nitrogens with two attached hydrogens (primary N) is 1. The first-order valence-electron chi connectivity index (χ1n) is 5.77. The van der Waals surface area contributed by atoms with Gasteiger partial charge in [-0.25, -0.2) is 0 Å². The average Bonchev–Trinajstić information content (AvgIpc) is 2.71. The third-order valence-corrected chi connectivity index (χ3v) is 3.32. The van der Waals surface area contributed by atoms with Crippen LogP contribution in [0.1, 0.15) is 24.9 Å². The van der Waals surface area contributed by atoms with Gasteiger partial charge in [0.15, 0.2) is 0 Å². The summed E-state index contributed by atoms with van der Waals surface area (Å²) in [7, 11) is 0. The molecule has 0 bridgehead atoms. The number of hydrogen-bond acceptors (Lipinski definition) is 2. The first-order chi connectivity index (χ1) is 7.72. The van der Waals surface area contributed by atoms with Crippen LogP contribution in [0.25, 0.3) is 0 Å². The number of likely N-dealkylation sites (tertiary alicyclic amines) is 1. The van der Waals surface area contributed by atoms with E-state index in [1.54, 1.807) is 0 Å². The first-order valence-corrected chi connectivity index (χ1v) is 5.77. The fourth-order valence-corrected chi connectivity index (χ4v) is 2.25. The Morgan fingerprint density at radius 3 is 2.69 bits per heavy atom. The summed E-state index contributed by atoms with van der Waals surface area (Å²) in [5, 5.41) is 0. The van der Waals surface area contributed by atoms with E-state index in [1.165, 1.54) is 5.56 Å². The molecule has 1 heterocycles. The van der Waals surface area contributed by atoms with Crippen molar-refractivity contribution >= 4 is 5.91 Å². The zero-order valence-corrected chi connectivity index (χ0v) is 9.60. The first kappa shape index (κ1) is 11.1. The fraction of sp³-hybridized carbons (Fsp3) is 0.462. The van der Waals surface area contributed by atoms with E-state index in [0.717, 1.165) is 6.54 Å². The second kappa shape index (κ2) is 4.66. The predicted molar refractivity (Wildman–Crippen MR) is 63.7 cm³/mol.